The molecule has 0 amide bonds. The second kappa shape index (κ2) is 6.02. The Morgan fingerprint density at radius 1 is 1.22 bits per heavy atom. The van der Waals surface area contributed by atoms with Crippen LogP contribution in [-0.2, 0) is 0 Å². The van der Waals surface area contributed by atoms with Crippen molar-refractivity contribution in [3.05, 3.63) is 28.5 Å². The van der Waals surface area contributed by atoms with Crippen LogP contribution in [0.25, 0.3) is 0 Å². The lowest BCUT2D eigenvalue weighted by Crippen LogP contribution is -2.45. The number of rotatable bonds is 3. The van der Waals surface area contributed by atoms with Crippen LogP contribution in [0.3, 0.4) is 0 Å². The molecule has 3 N–H and O–H groups in total. The summed E-state index contributed by atoms with van der Waals surface area (Å²) < 4.78 is 13.7. The van der Waals surface area contributed by atoms with Crippen molar-refractivity contribution >= 4 is 21.6 Å². The van der Waals surface area contributed by atoms with Crippen molar-refractivity contribution < 1.29 is 4.39 Å². The number of nitrogens with two attached hydrogens (primary N) is 1. The van der Waals surface area contributed by atoms with Crippen molar-refractivity contribution in [3.63, 3.8) is 0 Å². The van der Waals surface area contributed by atoms with Gasteiger partial charge in [-0.3, -0.25) is 0 Å². The fourth-order valence-corrected chi connectivity index (χ4v) is 3.04. The zero-order valence-corrected chi connectivity index (χ0v) is 12.1. The lowest BCUT2D eigenvalue weighted by atomic mass is 9.90. The zero-order valence-electron chi connectivity index (χ0n) is 10.5. The molecule has 1 aliphatic carbocycles. The van der Waals surface area contributed by atoms with E-state index in [-0.39, 0.29) is 11.4 Å². The number of anilines is 1. The summed E-state index contributed by atoms with van der Waals surface area (Å²) in [6.45, 7) is 0.627. The van der Waals surface area contributed by atoms with Crippen LogP contribution in [0.1, 0.15) is 38.5 Å². The molecular formula is C14H20BrFN2. The zero-order chi connectivity index (χ0) is 13.0. The first-order valence-corrected chi connectivity index (χ1v) is 7.38. The summed E-state index contributed by atoms with van der Waals surface area (Å²) in [5, 5.41) is 3.53. The highest BCUT2D eigenvalue weighted by Gasteiger charge is 2.29. The topological polar surface area (TPSA) is 38.0 Å². The minimum absolute atomic E-state index is 0.0201. The number of benzene rings is 1. The van der Waals surface area contributed by atoms with E-state index < -0.39 is 0 Å². The maximum absolute atomic E-state index is 13.2. The predicted molar refractivity (Wildman–Crippen MR) is 77.2 cm³/mol. The monoisotopic (exact) mass is 314 g/mol. The first kappa shape index (κ1) is 13.8. The Morgan fingerprint density at radius 3 is 2.44 bits per heavy atom. The Labute approximate surface area is 116 Å². The summed E-state index contributed by atoms with van der Waals surface area (Å²) in [5.41, 5.74) is 6.90. The average Bonchev–Trinajstić information content (AvgIpc) is 2.60. The van der Waals surface area contributed by atoms with Gasteiger partial charge in [-0.2, -0.15) is 0 Å². The molecule has 0 spiro atoms. The highest BCUT2D eigenvalue weighted by molar-refractivity contribution is 9.10. The Morgan fingerprint density at radius 2 is 1.89 bits per heavy atom. The normalized spacial score (nSPS) is 19.3. The quantitative estimate of drug-likeness (QED) is 0.826. The Kier molecular flexibility index (Phi) is 4.62. The minimum Gasteiger partial charge on any atom is -0.378 e. The van der Waals surface area contributed by atoms with Crippen LogP contribution < -0.4 is 11.1 Å². The second-order valence-electron chi connectivity index (χ2n) is 5.15. The molecule has 1 aromatic rings. The Hall–Kier alpha value is -0.610. The number of hydrogen-bond acceptors (Lipinski definition) is 2. The fourth-order valence-electron chi connectivity index (χ4n) is 2.67. The second-order valence-corrected chi connectivity index (χ2v) is 6.01. The molecule has 1 aliphatic rings. The van der Waals surface area contributed by atoms with Crippen molar-refractivity contribution in [3.8, 4) is 0 Å². The van der Waals surface area contributed by atoms with Gasteiger partial charge in [0.05, 0.1) is 4.47 Å². The highest BCUT2D eigenvalue weighted by Crippen LogP contribution is 2.31. The summed E-state index contributed by atoms with van der Waals surface area (Å²) >= 11 is 3.22. The van der Waals surface area contributed by atoms with Crippen LogP contribution in [0.2, 0.25) is 0 Å². The van der Waals surface area contributed by atoms with E-state index in [4.69, 9.17) is 5.73 Å². The van der Waals surface area contributed by atoms with Gasteiger partial charge in [-0.1, -0.05) is 25.7 Å². The molecule has 1 saturated carbocycles. The molecule has 100 valence electrons. The van der Waals surface area contributed by atoms with Gasteiger partial charge < -0.3 is 11.1 Å². The summed E-state index contributed by atoms with van der Waals surface area (Å²) in [4.78, 5) is 0. The predicted octanol–water partition coefficient (Wildman–Crippen LogP) is 4.05. The first-order valence-electron chi connectivity index (χ1n) is 6.58. The molecule has 0 atom stereocenters. The van der Waals surface area contributed by atoms with E-state index in [0.29, 0.717) is 11.0 Å². The molecule has 18 heavy (non-hydrogen) atoms. The summed E-state index contributed by atoms with van der Waals surface area (Å²) in [7, 11) is 0. The molecule has 2 rings (SSSR count). The van der Waals surface area contributed by atoms with E-state index in [1.54, 1.807) is 12.1 Å². The Balaban J connectivity index is 2.15. The van der Waals surface area contributed by atoms with Crippen LogP contribution in [0.4, 0.5) is 10.1 Å². The number of nitrogens with one attached hydrogen (secondary N) is 1. The van der Waals surface area contributed by atoms with Crippen molar-refractivity contribution in [1.29, 1.82) is 0 Å². The third-order valence-corrected chi connectivity index (χ3v) is 4.39. The summed E-state index contributed by atoms with van der Waals surface area (Å²) in [6.07, 6.45) is 7.20. The van der Waals surface area contributed by atoms with Crippen LogP contribution >= 0.6 is 15.9 Å². The molecule has 0 bridgehead atoms. The van der Waals surface area contributed by atoms with E-state index in [0.717, 1.165) is 18.5 Å². The molecule has 0 heterocycles. The lowest BCUT2D eigenvalue weighted by molar-refractivity contribution is 0.417. The van der Waals surface area contributed by atoms with Gasteiger partial charge in [0.1, 0.15) is 5.82 Å². The van der Waals surface area contributed by atoms with Gasteiger partial charge in [-0.15, -0.1) is 0 Å². The van der Waals surface area contributed by atoms with E-state index in [1.165, 1.54) is 31.7 Å². The summed E-state index contributed by atoms with van der Waals surface area (Å²) in [5.74, 6) is -0.233. The maximum Gasteiger partial charge on any atom is 0.137 e. The van der Waals surface area contributed by atoms with Gasteiger partial charge in [-0.25, -0.2) is 4.39 Å². The molecule has 0 radical (unpaired) electrons. The Bertz CT molecular complexity index is 401. The SMILES string of the molecule is NCC1(Nc2ccc(F)c(Br)c2)CCCCCC1. The van der Waals surface area contributed by atoms with E-state index in [9.17, 15) is 4.39 Å². The highest BCUT2D eigenvalue weighted by atomic mass is 79.9. The van der Waals surface area contributed by atoms with Gasteiger partial charge in [0.2, 0.25) is 0 Å². The average molecular weight is 315 g/mol. The molecule has 1 fully saturated rings. The van der Waals surface area contributed by atoms with Gasteiger partial charge >= 0.3 is 0 Å². The summed E-state index contributed by atoms with van der Waals surface area (Å²) in [6, 6.07) is 5.05. The smallest absolute Gasteiger partial charge is 0.137 e. The van der Waals surface area contributed by atoms with Gasteiger partial charge in [0.25, 0.3) is 0 Å². The largest absolute Gasteiger partial charge is 0.378 e. The van der Waals surface area contributed by atoms with Crippen LogP contribution in [0.5, 0.6) is 0 Å². The molecule has 1 aromatic carbocycles. The van der Waals surface area contributed by atoms with Crippen molar-refractivity contribution in [2.24, 2.45) is 5.73 Å². The van der Waals surface area contributed by atoms with Crippen LogP contribution in [0.15, 0.2) is 22.7 Å². The van der Waals surface area contributed by atoms with Gasteiger partial charge in [0.15, 0.2) is 0 Å². The van der Waals surface area contributed by atoms with Gasteiger partial charge in [0, 0.05) is 17.8 Å². The third-order valence-electron chi connectivity index (χ3n) is 3.78. The van der Waals surface area contributed by atoms with E-state index in [2.05, 4.69) is 21.2 Å². The minimum atomic E-state index is -0.233. The number of hydrogen-bond donors (Lipinski definition) is 2. The molecule has 2 nitrogen and oxygen atoms in total. The molecule has 0 aliphatic heterocycles. The molecule has 0 unspecified atom stereocenters. The van der Waals surface area contributed by atoms with Crippen LogP contribution in [0, 0.1) is 5.82 Å². The molecule has 0 saturated heterocycles. The molecule has 0 aromatic heterocycles. The fraction of sp³-hybridized carbons (Fsp3) is 0.571. The number of halogens is 2. The van der Waals surface area contributed by atoms with Crippen molar-refractivity contribution in [2.45, 2.75) is 44.1 Å². The van der Waals surface area contributed by atoms with Crippen molar-refractivity contribution in [1.82, 2.24) is 0 Å². The van der Waals surface area contributed by atoms with Crippen molar-refractivity contribution in [2.75, 3.05) is 11.9 Å². The maximum atomic E-state index is 13.2. The molecular weight excluding hydrogens is 295 g/mol. The molecule has 4 heteroatoms. The van der Waals surface area contributed by atoms with E-state index in [1.807, 2.05) is 0 Å². The standard InChI is InChI=1S/C14H20BrFN2/c15-12-9-11(5-6-13(12)16)18-14(10-17)7-3-1-2-4-8-14/h5-6,9,18H,1-4,7-8,10,17H2. The first-order chi connectivity index (χ1) is 8.65. The van der Waals surface area contributed by atoms with Gasteiger partial charge in [-0.05, 0) is 47.0 Å². The lowest BCUT2D eigenvalue weighted by Gasteiger charge is -2.34. The van der Waals surface area contributed by atoms with Crippen LogP contribution in [-0.4, -0.2) is 12.1 Å². The third kappa shape index (κ3) is 3.23. The van der Waals surface area contributed by atoms with E-state index >= 15 is 0 Å².